The highest BCUT2D eigenvalue weighted by molar-refractivity contribution is 6.05. The van der Waals surface area contributed by atoms with Crippen LogP contribution in [-0.4, -0.2) is 15.0 Å². The lowest BCUT2D eigenvalue weighted by Gasteiger charge is -2.26. The minimum absolute atomic E-state index is 0.787. The van der Waals surface area contributed by atoms with Crippen LogP contribution < -0.4 is 4.90 Å². The number of furan rings is 1. The van der Waals surface area contributed by atoms with Crippen molar-refractivity contribution in [2.45, 2.75) is 0 Å². The monoisotopic (exact) mass is 742 g/mol. The average Bonchev–Trinajstić information content (AvgIpc) is 3.68. The van der Waals surface area contributed by atoms with E-state index in [0.717, 1.165) is 83.7 Å². The molecular formula is C53H34N4O. The zero-order valence-electron chi connectivity index (χ0n) is 31.3. The van der Waals surface area contributed by atoms with Crippen molar-refractivity contribution in [2.24, 2.45) is 0 Å². The van der Waals surface area contributed by atoms with Crippen LogP contribution in [0.5, 0.6) is 0 Å². The fourth-order valence-electron chi connectivity index (χ4n) is 8.02. The molecule has 7 aromatic carbocycles. The highest BCUT2D eigenvalue weighted by Crippen LogP contribution is 2.39. The van der Waals surface area contributed by atoms with E-state index < -0.39 is 0 Å². The first kappa shape index (κ1) is 33.4. The summed E-state index contributed by atoms with van der Waals surface area (Å²) in [6.07, 6.45) is 3.66. The van der Waals surface area contributed by atoms with Crippen molar-refractivity contribution < 1.29 is 4.42 Å². The van der Waals surface area contributed by atoms with Crippen LogP contribution in [0.3, 0.4) is 0 Å². The number of nitrogens with zero attached hydrogens (tertiary/aromatic N) is 4. The molecule has 58 heavy (non-hydrogen) atoms. The summed E-state index contributed by atoms with van der Waals surface area (Å²) in [4.78, 5) is 16.9. The zero-order valence-corrected chi connectivity index (χ0v) is 31.3. The van der Waals surface area contributed by atoms with Crippen LogP contribution in [0.1, 0.15) is 0 Å². The summed E-state index contributed by atoms with van der Waals surface area (Å²) in [5, 5.41) is 4.62. The second-order valence-corrected chi connectivity index (χ2v) is 14.5. The SMILES string of the molecule is c1ccc(-c2cc(-c3ccc(N(c4ccc(-c5ccc6ccccc6c5)cc4)c4ccc(-c5cc6c(cn5)oc5ccccc56)cc4)cc3)nc3cccnc23)cc1. The molecule has 0 spiro atoms. The first-order chi connectivity index (χ1) is 28.7. The summed E-state index contributed by atoms with van der Waals surface area (Å²) in [5.74, 6) is 0. The van der Waals surface area contributed by atoms with Gasteiger partial charge in [0.2, 0.25) is 0 Å². The molecule has 0 N–H and O–H groups in total. The first-order valence-corrected chi connectivity index (χ1v) is 19.4. The number of fused-ring (bicyclic) bond motifs is 5. The number of rotatable bonds is 7. The summed E-state index contributed by atoms with van der Waals surface area (Å²) >= 11 is 0. The molecule has 4 aromatic heterocycles. The second-order valence-electron chi connectivity index (χ2n) is 14.5. The number of para-hydroxylation sites is 1. The zero-order chi connectivity index (χ0) is 38.4. The molecule has 5 nitrogen and oxygen atoms in total. The van der Waals surface area contributed by atoms with Gasteiger partial charge in [0.05, 0.1) is 28.6 Å². The lowest BCUT2D eigenvalue weighted by molar-refractivity contribution is 0.667. The van der Waals surface area contributed by atoms with Crippen LogP contribution in [0, 0.1) is 0 Å². The molecule has 0 unspecified atom stereocenters. The molecule has 11 aromatic rings. The van der Waals surface area contributed by atoms with Crippen LogP contribution >= 0.6 is 0 Å². The highest BCUT2D eigenvalue weighted by atomic mass is 16.3. The smallest absolute Gasteiger partial charge is 0.153 e. The minimum Gasteiger partial charge on any atom is -0.454 e. The van der Waals surface area contributed by atoms with Crippen molar-refractivity contribution in [2.75, 3.05) is 4.90 Å². The van der Waals surface area contributed by atoms with E-state index >= 15 is 0 Å². The van der Waals surface area contributed by atoms with Gasteiger partial charge in [0.15, 0.2) is 5.58 Å². The third kappa shape index (κ3) is 6.03. The summed E-state index contributed by atoms with van der Waals surface area (Å²) in [6.45, 7) is 0. The fraction of sp³-hybridized carbons (Fsp3) is 0. The Morgan fingerprint density at radius 3 is 1.79 bits per heavy atom. The second kappa shape index (κ2) is 14.0. The molecule has 0 atom stereocenters. The average molecular weight is 743 g/mol. The number of hydrogen-bond donors (Lipinski definition) is 0. The Balaban J connectivity index is 0.979. The molecule has 0 fully saturated rings. The lowest BCUT2D eigenvalue weighted by Crippen LogP contribution is -2.09. The summed E-state index contributed by atoms with van der Waals surface area (Å²) < 4.78 is 6.05. The Bertz CT molecular complexity index is 3260. The fourth-order valence-corrected chi connectivity index (χ4v) is 8.02. The maximum atomic E-state index is 6.05. The Morgan fingerprint density at radius 1 is 0.397 bits per heavy atom. The van der Waals surface area contributed by atoms with Crippen LogP contribution in [0.2, 0.25) is 0 Å². The highest BCUT2D eigenvalue weighted by Gasteiger charge is 2.16. The molecule has 272 valence electrons. The van der Waals surface area contributed by atoms with Crippen LogP contribution in [0.15, 0.2) is 211 Å². The number of anilines is 3. The predicted molar refractivity (Wildman–Crippen MR) is 239 cm³/mol. The predicted octanol–water partition coefficient (Wildman–Crippen LogP) is 14.2. The van der Waals surface area contributed by atoms with Gasteiger partial charge >= 0.3 is 0 Å². The Kier molecular flexibility index (Phi) is 8.07. The molecule has 0 aliphatic heterocycles. The molecular weight excluding hydrogens is 709 g/mol. The standard InChI is InChI=1S/C53H34N4O/c1-2-10-37(11-3-1)46-32-50(56-48-14-8-30-54-53(46)48)39-22-28-44(29-23-39)57(42-24-18-36(19-25-42)41-17-16-35-9-4-5-12-40(35)31-41)43-26-20-38(21-27-43)49-33-47-45-13-6-7-15-51(45)58-52(47)34-55-49/h1-34H. The Hall–Kier alpha value is -7.89. The number of benzene rings is 7. The molecule has 0 saturated heterocycles. The van der Waals surface area contributed by atoms with E-state index in [1.165, 1.54) is 21.9 Å². The lowest BCUT2D eigenvalue weighted by atomic mass is 10.00. The van der Waals surface area contributed by atoms with Gasteiger partial charge in [0.25, 0.3) is 0 Å². The summed E-state index contributed by atoms with van der Waals surface area (Å²) in [6, 6.07) is 68.1. The molecule has 0 aliphatic rings. The van der Waals surface area contributed by atoms with Crippen molar-refractivity contribution in [1.29, 1.82) is 0 Å². The number of hydrogen-bond acceptors (Lipinski definition) is 5. The number of aromatic nitrogens is 3. The van der Waals surface area contributed by atoms with E-state index in [1.807, 2.05) is 48.8 Å². The van der Waals surface area contributed by atoms with Gasteiger partial charge in [0, 0.05) is 50.7 Å². The van der Waals surface area contributed by atoms with Gasteiger partial charge in [-0.15, -0.1) is 0 Å². The van der Waals surface area contributed by atoms with E-state index in [1.54, 1.807) is 0 Å². The van der Waals surface area contributed by atoms with Gasteiger partial charge in [-0.25, -0.2) is 4.98 Å². The van der Waals surface area contributed by atoms with Crippen LogP contribution in [0.4, 0.5) is 17.1 Å². The van der Waals surface area contributed by atoms with Gasteiger partial charge in [0.1, 0.15) is 5.58 Å². The van der Waals surface area contributed by atoms with Crippen molar-refractivity contribution in [1.82, 2.24) is 15.0 Å². The Labute approximate surface area is 335 Å². The molecule has 0 aliphatic carbocycles. The molecule has 0 amide bonds. The van der Waals surface area contributed by atoms with Gasteiger partial charge in [-0.1, -0.05) is 121 Å². The third-order valence-electron chi connectivity index (χ3n) is 11.0. The van der Waals surface area contributed by atoms with Gasteiger partial charge < -0.3 is 9.32 Å². The normalized spacial score (nSPS) is 11.4. The van der Waals surface area contributed by atoms with E-state index in [-0.39, 0.29) is 0 Å². The third-order valence-corrected chi connectivity index (χ3v) is 11.0. The van der Waals surface area contributed by atoms with E-state index in [9.17, 15) is 0 Å². The summed E-state index contributed by atoms with van der Waals surface area (Å²) in [5.41, 5.74) is 14.9. The molecule has 11 rings (SSSR count). The van der Waals surface area contributed by atoms with Crippen molar-refractivity contribution in [3.05, 3.63) is 207 Å². The maximum Gasteiger partial charge on any atom is 0.153 e. The molecule has 0 bridgehead atoms. The van der Waals surface area contributed by atoms with Crippen molar-refractivity contribution in [3.63, 3.8) is 0 Å². The number of pyridine rings is 3. The molecule has 5 heteroatoms. The van der Waals surface area contributed by atoms with Gasteiger partial charge in [-0.05, 0) is 100 Å². The Morgan fingerprint density at radius 2 is 1.03 bits per heavy atom. The van der Waals surface area contributed by atoms with Crippen molar-refractivity contribution in [3.8, 4) is 44.8 Å². The topological polar surface area (TPSA) is 55.1 Å². The van der Waals surface area contributed by atoms with E-state index in [0.29, 0.717) is 0 Å². The van der Waals surface area contributed by atoms with Crippen LogP contribution in [0.25, 0.3) is 88.5 Å². The van der Waals surface area contributed by atoms with E-state index in [4.69, 9.17) is 19.4 Å². The van der Waals surface area contributed by atoms with Crippen molar-refractivity contribution >= 4 is 60.8 Å². The van der Waals surface area contributed by atoms with Gasteiger partial charge in [-0.3, -0.25) is 9.97 Å². The first-order valence-electron chi connectivity index (χ1n) is 19.4. The quantitative estimate of drug-likeness (QED) is 0.163. The van der Waals surface area contributed by atoms with Crippen LogP contribution in [-0.2, 0) is 0 Å². The molecule has 0 radical (unpaired) electrons. The van der Waals surface area contributed by atoms with Gasteiger partial charge in [-0.2, -0.15) is 0 Å². The van der Waals surface area contributed by atoms with E-state index in [2.05, 4.69) is 163 Å². The summed E-state index contributed by atoms with van der Waals surface area (Å²) in [7, 11) is 0. The maximum absolute atomic E-state index is 6.05. The largest absolute Gasteiger partial charge is 0.454 e. The molecule has 0 saturated carbocycles. The minimum atomic E-state index is 0.787. The molecule has 4 heterocycles.